The molecule has 4 rings (SSSR count). The first kappa shape index (κ1) is 16.1. The lowest BCUT2D eigenvalue weighted by Crippen LogP contribution is -2.07. The lowest BCUT2D eigenvalue weighted by molar-refractivity contribution is 0.103. The van der Waals surface area contributed by atoms with E-state index in [1.807, 2.05) is 31.2 Å². The molecule has 0 aliphatic rings. The molecule has 0 spiro atoms. The largest absolute Gasteiger partial charge is 0.496 e. The summed E-state index contributed by atoms with van der Waals surface area (Å²) in [5, 5.41) is 1.70. The highest BCUT2D eigenvalue weighted by Crippen LogP contribution is 2.34. The third kappa shape index (κ3) is 2.47. The average Bonchev–Trinajstić information content (AvgIpc) is 2.67. The van der Waals surface area contributed by atoms with Gasteiger partial charge in [0.05, 0.1) is 18.1 Å². The third-order valence-corrected chi connectivity index (χ3v) is 4.51. The van der Waals surface area contributed by atoms with E-state index in [1.165, 1.54) is 7.11 Å². The zero-order valence-electron chi connectivity index (χ0n) is 14.4. The van der Waals surface area contributed by atoms with Crippen LogP contribution in [-0.2, 0) is 0 Å². The van der Waals surface area contributed by atoms with Gasteiger partial charge >= 0.3 is 5.63 Å². The number of rotatable bonds is 3. The Balaban J connectivity index is 2.12. The Morgan fingerprint density at radius 2 is 1.62 bits per heavy atom. The lowest BCUT2D eigenvalue weighted by Gasteiger charge is -2.12. The van der Waals surface area contributed by atoms with E-state index in [0.717, 1.165) is 5.56 Å². The van der Waals surface area contributed by atoms with Crippen molar-refractivity contribution in [2.75, 3.05) is 7.11 Å². The van der Waals surface area contributed by atoms with Gasteiger partial charge in [-0.15, -0.1) is 0 Å². The fourth-order valence-corrected chi connectivity index (χ4v) is 3.20. The van der Waals surface area contributed by atoms with Crippen LogP contribution in [0.5, 0.6) is 5.75 Å². The first-order valence-corrected chi connectivity index (χ1v) is 8.24. The molecule has 0 aliphatic heterocycles. The molecule has 0 fully saturated rings. The number of ether oxygens (including phenoxy) is 1. The number of hydrogen-bond acceptors (Lipinski definition) is 4. The highest BCUT2D eigenvalue weighted by molar-refractivity contribution is 6.23. The number of aryl methyl sites for hydroxylation is 1. The quantitative estimate of drug-likeness (QED) is 0.312. The molecule has 0 radical (unpaired) electrons. The molecule has 0 unspecified atom stereocenters. The van der Waals surface area contributed by atoms with Crippen molar-refractivity contribution in [1.29, 1.82) is 0 Å². The van der Waals surface area contributed by atoms with Gasteiger partial charge in [0.15, 0.2) is 5.78 Å². The monoisotopic (exact) mass is 344 g/mol. The predicted molar refractivity (Wildman–Crippen MR) is 101 cm³/mol. The summed E-state index contributed by atoms with van der Waals surface area (Å²) in [4.78, 5) is 25.5. The Kier molecular flexibility index (Phi) is 3.81. The number of carbonyl (C=O) groups excluding carboxylic acids is 1. The molecule has 3 aromatic carbocycles. The van der Waals surface area contributed by atoms with Gasteiger partial charge in [-0.2, -0.15) is 0 Å². The normalized spacial score (nSPS) is 11.0. The minimum Gasteiger partial charge on any atom is -0.496 e. The van der Waals surface area contributed by atoms with Crippen molar-refractivity contribution in [3.05, 3.63) is 87.8 Å². The summed E-state index contributed by atoms with van der Waals surface area (Å²) in [5.41, 5.74) is 1.96. The van der Waals surface area contributed by atoms with Crippen molar-refractivity contribution in [3.8, 4) is 5.75 Å². The molecule has 128 valence electrons. The second kappa shape index (κ2) is 6.15. The lowest BCUT2D eigenvalue weighted by atomic mass is 9.95. The van der Waals surface area contributed by atoms with Crippen LogP contribution >= 0.6 is 0 Å². The van der Waals surface area contributed by atoms with Gasteiger partial charge < -0.3 is 9.15 Å². The molecule has 0 atom stereocenters. The molecular formula is C22H16O4. The van der Waals surface area contributed by atoms with E-state index in [-0.39, 0.29) is 5.78 Å². The molecule has 0 N–H and O–H groups in total. The van der Waals surface area contributed by atoms with Crippen LogP contribution in [0.25, 0.3) is 21.7 Å². The molecule has 0 bridgehead atoms. The van der Waals surface area contributed by atoms with Gasteiger partial charge in [0, 0.05) is 16.3 Å². The molecule has 0 saturated heterocycles. The summed E-state index contributed by atoms with van der Waals surface area (Å²) in [7, 11) is 1.52. The number of fused-ring (bicyclic) bond motifs is 3. The van der Waals surface area contributed by atoms with Crippen LogP contribution in [0.4, 0.5) is 0 Å². The molecule has 0 amide bonds. The minimum absolute atomic E-state index is 0.175. The maximum absolute atomic E-state index is 13.3. The number of methoxy groups -OCH3 is 1. The summed E-state index contributed by atoms with van der Waals surface area (Å²) < 4.78 is 10.9. The van der Waals surface area contributed by atoms with Gasteiger partial charge in [0.2, 0.25) is 0 Å². The summed E-state index contributed by atoms with van der Waals surface area (Å²) in [5.74, 6) is 0.272. The number of ketones is 1. The van der Waals surface area contributed by atoms with Crippen LogP contribution in [0.2, 0.25) is 0 Å². The van der Waals surface area contributed by atoms with Crippen molar-refractivity contribution in [3.63, 3.8) is 0 Å². The molecule has 26 heavy (non-hydrogen) atoms. The van der Waals surface area contributed by atoms with Gasteiger partial charge in [-0.05, 0) is 25.1 Å². The van der Waals surface area contributed by atoms with Gasteiger partial charge in [0.25, 0.3) is 0 Å². The van der Waals surface area contributed by atoms with Gasteiger partial charge in [-0.25, -0.2) is 4.79 Å². The van der Waals surface area contributed by atoms with E-state index < -0.39 is 5.63 Å². The van der Waals surface area contributed by atoms with Crippen LogP contribution in [0.15, 0.2) is 69.9 Å². The second-order valence-electron chi connectivity index (χ2n) is 6.15. The Bertz CT molecular complexity index is 1200. The smallest absolute Gasteiger partial charge is 0.344 e. The fraction of sp³-hybridized carbons (Fsp3) is 0.0909. The van der Waals surface area contributed by atoms with Crippen molar-refractivity contribution < 1.29 is 13.9 Å². The highest BCUT2D eigenvalue weighted by atomic mass is 16.5. The molecule has 4 heteroatoms. The van der Waals surface area contributed by atoms with E-state index in [0.29, 0.717) is 38.6 Å². The molecule has 0 aliphatic carbocycles. The van der Waals surface area contributed by atoms with Gasteiger partial charge in [0.1, 0.15) is 11.3 Å². The number of benzene rings is 3. The predicted octanol–water partition coefficient (Wildman–Crippen LogP) is 4.49. The fourth-order valence-electron chi connectivity index (χ4n) is 3.20. The van der Waals surface area contributed by atoms with Crippen LogP contribution in [-0.4, -0.2) is 12.9 Å². The number of carbonyl (C=O) groups is 1. The van der Waals surface area contributed by atoms with Crippen LogP contribution < -0.4 is 10.4 Å². The maximum atomic E-state index is 13.3. The molecule has 0 saturated carbocycles. The average molecular weight is 344 g/mol. The Morgan fingerprint density at radius 3 is 2.31 bits per heavy atom. The summed E-state index contributed by atoms with van der Waals surface area (Å²) in [6.07, 6.45) is 0. The van der Waals surface area contributed by atoms with E-state index in [4.69, 9.17) is 9.15 Å². The zero-order chi connectivity index (χ0) is 18.3. The Morgan fingerprint density at radius 1 is 0.923 bits per heavy atom. The van der Waals surface area contributed by atoms with E-state index in [1.54, 1.807) is 36.4 Å². The molecule has 1 heterocycles. The molecular weight excluding hydrogens is 328 g/mol. The number of hydrogen-bond donors (Lipinski definition) is 0. The first-order valence-electron chi connectivity index (χ1n) is 8.24. The third-order valence-electron chi connectivity index (χ3n) is 4.51. The standard InChI is InChI=1S/C22H16O4/c1-13-7-9-14(10-8-13)21(23)20-17(25-2)11-12-18-19(20)15-5-3-4-6-16(15)22(24)26-18/h3-12H,1-2H3. The van der Waals surface area contributed by atoms with Gasteiger partial charge in [-0.1, -0.05) is 48.0 Å². The Hall–Kier alpha value is -3.40. The minimum atomic E-state index is -0.424. The van der Waals surface area contributed by atoms with Crippen molar-refractivity contribution in [1.82, 2.24) is 0 Å². The van der Waals surface area contributed by atoms with Crippen molar-refractivity contribution in [2.24, 2.45) is 0 Å². The van der Waals surface area contributed by atoms with E-state index >= 15 is 0 Å². The first-order chi connectivity index (χ1) is 12.6. The highest BCUT2D eigenvalue weighted by Gasteiger charge is 2.21. The maximum Gasteiger partial charge on any atom is 0.344 e. The Labute approximate surface area is 149 Å². The summed E-state index contributed by atoms with van der Waals surface area (Å²) in [6.45, 7) is 1.97. The van der Waals surface area contributed by atoms with Gasteiger partial charge in [-0.3, -0.25) is 4.79 Å². The van der Waals surface area contributed by atoms with Crippen LogP contribution in [0, 0.1) is 6.92 Å². The molecule has 4 aromatic rings. The van der Waals surface area contributed by atoms with E-state index in [9.17, 15) is 9.59 Å². The van der Waals surface area contributed by atoms with Crippen molar-refractivity contribution in [2.45, 2.75) is 6.92 Å². The van der Waals surface area contributed by atoms with Crippen LogP contribution in [0.3, 0.4) is 0 Å². The SMILES string of the molecule is COc1ccc2oc(=O)c3ccccc3c2c1C(=O)c1ccc(C)cc1. The second-order valence-corrected chi connectivity index (χ2v) is 6.15. The molecule has 4 nitrogen and oxygen atoms in total. The summed E-state index contributed by atoms with van der Waals surface area (Å²) >= 11 is 0. The molecule has 1 aromatic heterocycles. The van der Waals surface area contributed by atoms with Crippen LogP contribution in [0.1, 0.15) is 21.5 Å². The summed E-state index contributed by atoms with van der Waals surface area (Å²) in [6, 6.07) is 17.8. The topological polar surface area (TPSA) is 56.5 Å². The van der Waals surface area contributed by atoms with Crippen molar-refractivity contribution >= 4 is 27.5 Å². The zero-order valence-corrected chi connectivity index (χ0v) is 14.4. The van der Waals surface area contributed by atoms with E-state index in [2.05, 4.69) is 0 Å².